The average Bonchev–Trinajstić information content (AvgIpc) is 3.14. The van der Waals surface area contributed by atoms with Crippen molar-refractivity contribution in [3.05, 3.63) is 167 Å². The molecule has 0 aromatic heterocycles. The van der Waals surface area contributed by atoms with Gasteiger partial charge < -0.3 is 0 Å². The number of carbonyl (C=O) groups excluding carboxylic acids is 2. The van der Waals surface area contributed by atoms with Crippen molar-refractivity contribution >= 4 is 56.9 Å². The Balaban J connectivity index is 1.53. The molecule has 0 N–H and O–H groups in total. The zero-order valence-electron chi connectivity index (χ0n) is 26.4. The molecular weight excluding hydrogens is 639 g/mol. The van der Waals surface area contributed by atoms with Crippen molar-refractivity contribution in [1.29, 1.82) is 0 Å². The standard InChI is InChI=1S/C39H35N2O5PS/c1-29(38(48)31-14-6-2-7-15-31)36-26-37(42)40(36)28-47(33-16-8-3-9-17-33,34-18-10-4-11-19-34,35-20-12-5-13-21-35)39(43)46-27-30-22-24-32(25-23-30)41(44)45/h2-25,29,36H,26-28H2,1H3. The van der Waals surface area contributed by atoms with E-state index in [1.54, 1.807) is 12.1 Å². The van der Waals surface area contributed by atoms with Crippen molar-refractivity contribution in [3.63, 3.8) is 0 Å². The van der Waals surface area contributed by atoms with E-state index in [0.29, 0.717) is 12.0 Å². The molecule has 242 valence electrons. The van der Waals surface area contributed by atoms with Crippen LogP contribution in [0.15, 0.2) is 146 Å². The number of ether oxygens (including phenoxy) is 1. The number of nitrogens with zero attached hydrogens (tertiary/aromatic N) is 2. The molecule has 0 radical (unpaired) electrons. The fourth-order valence-corrected chi connectivity index (χ4v) is 13.0. The third kappa shape index (κ3) is 5.61. The minimum atomic E-state index is -4.39. The van der Waals surface area contributed by atoms with Crippen molar-refractivity contribution in [2.45, 2.75) is 26.0 Å². The van der Waals surface area contributed by atoms with Crippen molar-refractivity contribution in [1.82, 2.24) is 4.90 Å². The van der Waals surface area contributed by atoms with E-state index in [4.69, 9.17) is 17.0 Å². The van der Waals surface area contributed by atoms with E-state index in [-0.39, 0.29) is 36.4 Å². The number of non-ortho nitro benzene ring substituents is 1. The number of carbonyl (C=O) groups is 2. The molecule has 0 saturated carbocycles. The molecule has 1 aliphatic heterocycles. The van der Waals surface area contributed by atoms with Crippen LogP contribution in [-0.2, 0) is 16.1 Å². The molecule has 0 spiro atoms. The molecule has 1 heterocycles. The summed E-state index contributed by atoms with van der Waals surface area (Å²) in [6.45, 7) is -2.44. The first-order valence-corrected chi connectivity index (χ1v) is 18.6. The molecule has 1 saturated heterocycles. The van der Waals surface area contributed by atoms with Crippen LogP contribution in [0.25, 0.3) is 0 Å². The molecule has 6 rings (SSSR count). The zero-order valence-corrected chi connectivity index (χ0v) is 28.1. The number of hydrogen-bond donors (Lipinski definition) is 0. The van der Waals surface area contributed by atoms with Gasteiger partial charge >= 0.3 is 286 Å². The Morgan fingerprint density at radius 1 is 0.812 bits per heavy atom. The van der Waals surface area contributed by atoms with Crippen LogP contribution in [0, 0.1) is 16.0 Å². The van der Waals surface area contributed by atoms with E-state index in [9.17, 15) is 14.9 Å². The molecule has 48 heavy (non-hydrogen) atoms. The van der Waals surface area contributed by atoms with Gasteiger partial charge in [0.15, 0.2) is 0 Å². The van der Waals surface area contributed by atoms with Gasteiger partial charge in [0.25, 0.3) is 0 Å². The number of thiocarbonyl (C=S) groups is 1. The summed E-state index contributed by atoms with van der Waals surface area (Å²) in [5.41, 5.74) is 1.06. The molecule has 5 aromatic rings. The van der Waals surface area contributed by atoms with Gasteiger partial charge in [-0.2, -0.15) is 0 Å². The van der Waals surface area contributed by atoms with Gasteiger partial charge in [-0.25, -0.2) is 0 Å². The Morgan fingerprint density at radius 3 is 1.71 bits per heavy atom. The van der Waals surface area contributed by atoms with Crippen molar-refractivity contribution in [2.24, 2.45) is 5.92 Å². The normalized spacial score (nSPS) is 15.8. The van der Waals surface area contributed by atoms with Crippen LogP contribution < -0.4 is 15.9 Å². The first-order valence-electron chi connectivity index (χ1n) is 15.7. The maximum absolute atomic E-state index is 15.5. The van der Waals surface area contributed by atoms with Gasteiger partial charge in [-0.3, -0.25) is 0 Å². The second-order valence-electron chi connectivity index (χ2n) is 12.1. The summed E-state index contributed by atoms with van der Waals surface area (Å²) in [4.78, 5) is 42.7. The molecule has 1 fully saturated rings. The van der Waals surface area contributed by atoms with Gasteiger partial charge in [-0.1, -0.05) is 0 Å². The molecule has 7 nitrogen and oxygen atoms in total. The number of β-lactam (4-membered cyclic amide) rings is 1. The Kier molecular flexibility index (Phi) is 9.31. The number of hydrogen-bond acceptors (Lipinski definition) is 6. The summed E-state index contributed by atoms with van der Waals surface area (Å²) in [5, 5.41) is 13.6. The molecule has 2 unspecified atom stereocenters. The predicted molar refractivity (Wildman–Crippen MR) is 196 cm³/mol. The second-order valence-corrected chi connectivity index (χ2v) is 17.3. The fourth-order valence-electron chi connectivity index (χ4n) is 6.79. The molecule has 0 aliphatic carbocycles. The van der Waals surface area contributed by atoms with E-state index in [2.05, 4.69) is 6.92 Å². The van der Waals surface area contributed by atoms with Crippen molar-refractivity contribution < 1.29 is 19.2 Å². The van der Waals surface area contributed by atoms with Crippen LogP contribution in [-0.4, -0.2) is 38.6 Å². The van der Waals surface area contributed by atoms with Crippen LogP contribution >= 0.6 is 18.8 Å². The van der Waals surface area contributed by atoms with Crippen molar-refractivity contribution in [3.8, 4) is 0 Å². The van der Waals surface area contributed by atoms with Crippen LogP contribution in [0.3, 0.4) is 0 Å². The van der Waals surface area contributed by atoms with Crippen molar-refractivity contribution in [2.75, 3.05) is 6.29 Å². The number of nitro groups is 1. The molecular formula is C39H35N2O5PS. The Morgan fingerprint density at radius 2 is 1.27 bits per heavy atom. The SMILES string of the molecule is CC(C(=S)c1ccccc1)C1CC(=O)N1CP(C(=O)OCc1ccc([N+](=O)[O-])cc1)(c1ccccc1)(c1ccccc1)c1ccccc1. The summed E-state index contributed by atoms with van der Waals surface area (Å²) in [6.07, 6.45) is 0.408. The number of amides is 1. The Labute approximate surface area is 285 Å². The molecule has 5 aromatic carbocycles. The number of nitro benzene ring substituents is 1. The van der Waals surface area contributed by atoms with Gasteiger partial charge in [0, 0.05) is 0 Å². The molecule has 2 atom stereocenters. The zero-order chi connectivity index (χ0) is 33.8. The third-order valence-electron chi connectivity index (χ3n) is 9.48. The van der Waals surface area contributed by atoms with Crippen LogP contribution in [0.1, 0.15) is 24.5 Å². The second kappa shape index (κ2) is 13.6. The maximum atomic E-state index is 15.5. The van der Waals surface area contributed by atoms with Gasteiger partial charge in [-0.15, -0.1) is 0 Å². The summed E-state index contributed by atoms with van der Waals surface area (Å²) in [5.74, 6) is -0.205. The third-order valence-corrected chi connectivity index (χ3v) is 16.2. The molecule has 0 bridgehead atoms. The Bertz CT molecular complexity index is 1840. The topological polar surface area (TPSA) is 89.8 Å². The molecule has 9 heteroatoms. The van der Waals surface area contributed by atoms with E-state index in [1.807, 2.05) is 126 Å². The monoisotopic (exact) mass is 674 g/mol. The van der Waals surface area contributed by atoms with Gasteiger partial charge in [0.05, 0.1) is 0 Å². The fraction of sp³-hybridized carbons (Fsp3) is 0.154. The number of benzene rings is 5. The van der Waals surface area contributed by atoms with E-state index in [1.165, 1.54) is 12.1 Å². The summed E-state index contributed by atoms with van der Waals surface area (Å²) in [7, 11) is 0. The van der Waals surface area contributed by atoms with Crippen LogP contribution in [0.4, 0.5) is 10.5 Å². The predicted octanol–water partition coefficient (Wildman–Crippen LogP) is 7.37. The van der Waals surface area contributed by atoms with Crippen LogP contribution in [0.2, 0.25) is 0 Å². The van der Waals surface area contributed by atoms with E-state index < -0.39 is 17.2 Å². The summed E-state index contributed by atoms with van der Waals surface area (Å²) < 4.78 is 6.36. The summed E-state index contributed by atoms with van der Waals surface area (Å²) >= 11 is 5.97. The van der Waals surface area contributed by atoms with E-state index >= 15 is 4.79 Å². The molecule has 1 amide bonds. The van der Waals surface area contributed by atoms with Gasteiger partial charge in [0.1, 0.15) is 0 Å². The van der Waals surface area contributed by atoms with E-state index in [0.717, 1.165) is 26.3 Å². The average molecular weight is 675 g/mol. The van der Waals surface area contributed by atoms with Gasteiger partial charge in [0.2, 0.25) is 0 Å². The van der Waals surface area contributed by atoms with Crippen LogP contribution in [0.5, 0.6) is 0 Å². The summed E-state index contributed by atoms with van der Waals surface area (Å²) in [6, 6.07) is 44.5. The quantitative estimate of drug-likeness (QED) is 0.0343. The number of likely N-dealkylation sites (tertiary alicyclic amines) is 1. The number of rotatable bonds is 12. The first kappa shape index (κ1) is 32.9. The Hall–Kier alpha value is -5.04. The molecule has 1 aliphatic rings. The minimum absolute atomic E-state index is 0.0487. The first-order chi connectivity index (χ1) is 23.3. The van der Waals surface area contributed by atoms with Gasteiger partial charge in [-0.05, 0) is 0 Å².